The van der Waals surface area contributed by atoms with Crippen molar-refractivity contribution in [3.05, 3.63) is 34.0 Å². The zero-order valence-electron chi connectivity index (χ0n) is 13.9. The van der Waals surface area contributed by atoms with Gasteiger partial charge in [-0.1, -0.05) is 6.07 Å². The molecule has 7 heteroatoms. The number of carbonyl (C=O) groups is 1. The molecule has 2 aromatic heterocycles. The molecule has 4 rings (SSSR count). The van der Waals surface area contributed by atoms with Crippen molar-refractivity contribution in [3.63, 3.8) is 0 Å². The molecule has 1 aliphatic carbocycles. The summed E-state index contributed by atoms with van der Waals surface area (Å²) >= 11 is 1.73. The lowest BCUT2D eigenvalue weighted by molar-refractivity contribution is -0.126. The Morgan fingerprint density at radius 2 is 2.29 bits per heavy atom. The molecule has 0 radical (unpaired) electrons. The van der Waals surface area contributed by atoms with Gasteiger partial charge in [-0.15, -0.1) is 21.5 Å². The van der Waals surface area contributed by atoms with Gasteiger partial charge in [0.1, 0.15) is 11.6 Å². The first-order valence-electron chi connectivity index (χ1n) is 8.68. The molecule has 1 fully saturated rings. The lowest BCUT2D eigenvalue weighted by Gasteiger charge is -2.32. The first kappa shape index (κ1) is 15.8. The van der Waals surface area contributed by atoms with Crippen LogP contribution in [0.2, 0.25) is 0 Å². The highest BCUT2D eigenvalue weighted by Gasteiger charge is 2.33. The van der Waals surface area contributed by atoms with Crippen LogP contribution in [-0.2, 0) is 24.3 Å². The maximum atomic E-state index is 12.4. The van der Waals surface area contributed by atoms with Crippen molar-refractivity contribution in [2.24, 2.45) is 0 Å². The number of hydrogen-bond donors (Lipinski definition) is 1. The highest BCUT2D eigenvalue weighted by molar-refractivity contribution is 7.09. The Bertz CT molecular complexity index is 707. The highest BCUT2D eigenvalue weighted by atomic mass is 32.1. The van der Waals surface area contributed by atoms with Crippen LogP contribution in [0.3, 0.4) is 0 Å². The normalized spacial score (nSPS) is 19.0. The van der Waals surface area contributed by atoms with Gasteiger partial charge in [0.15, 0.2) is 0 Å². The number of fused-ring (bicyclic) bond motifs is 1. The Kier molecular flexibility index (Phi) is 4.37. The van der Waals surface area contributed by atoms with Crippen molar-refractivity contribution < 1.29 is 4.79 Å². The third kappa shape index (κ3) is 3.23. The monoisotopic (exact) mass is 345 g/mol. The van der Waals surface area contributed by atoms with Gasteiger partial charge in [0, 0.05) is 30.4 Å². The predicted octanol–water partition coefficient (Wildman–Crippen LogP) is 1.78. The van der Waals surface area contributed by atoms with E-state index in [1.165, 1.54) is 17.7 Å². The van der Waals surface area contributed by atoms with Crippen molar-refractivity contribution in [2.45, 2.75) is 51.2 Å². The maximum absolute atomic E-state index is 12.4. The summed E-state index contributed by atoms with van der Waals surface area (Å²) in [6.07, 6.45) is 3.38. The molecule has 0 aromatic carbocycles. The van der Waals surface area contributed by atoms with Crippen molar-refractivity contribution in [1.82, 2.24) is 25.0 Å². The minimum absolute atomic E-state index is 0.0990. The van der Waals surface area contributed by atoms with Crippen LogP contribution in [0.4, 0.5) is 0 Å². The van der Waals surface area contributed by atoms with Crippen LogP contribution in [0.1, 0.15) is 42.2 Å². The summed E-state index contributed by atoms with van der Waals surface area (Å²) in [6, 6.07) is 4.02. The van der Waals surface area contributed by atoms with E-state index in [1.807, 2.05) is 13.0 Å². The predicted molar refractivity (Wildman–Crippen MR) is 92.9 cm³/mol. The van der Waals surface area contributed by atoms with E-state index in [9.17, 15) is 4.79 Å². The molecule has 2 aliphatic rings. The number of nitrogens with zero attached hydrogens (tertiary/aromatic N) is 4. The Labute approximate surface area is 145 Å². The highest BCUT2D eigenvalue weighted by Crippen LogP contribution is 2.39. The molecule has 1 amide bonds. The topological polar surface area (TPSA) is 63.1 Å². The minimum Gasteiger partial charge on any atom is -0.354 e. The third-order valence-corrected chi connectivity index (χ3v) is 5.87. The number of rotatable bonds is 6. The van der Waals surface area contributed by atoms with Gasteiger partial charge < -0.3 is 9.88 Å². The SMILES string of the molecule is CC(C(=O)NCCc1cccs1)N1CCn2c(nnc2C2CC2)C1. The molecule has 1 N–H and O–H groups in total. The first-order chi connectivity index (χ1) is 11.7. The van der Waals surface area contributed by atoms with Crippen molar-refractivity contribution >= 4 is 17.2 Å². The van der Waals surface area contributed by atoms with E-state index >= 15 is 0 Å². The fourth-order valence-electron chi connectivity index (χ4n) is 3.25. The minimum atomic E-state index is -0.136. The van der Waals surface area contributed by atoms with Crippen LogP contribution >= 0.6 is 11.3 Å². The zero-order chi connectivity index (χ0) is 16.5. The summed E-state index contributed by atoms with van der Waals surface area (Å²) in [6.45, 7) is 5.15. The lowest BCUT2D eigenvalue weighted by Crippen LogP contribution is -2.48. The Morgan fingerprint density at radius 3 is 3.04 bits per heavy atom. The molecule has 3 heterocycles. The largest absolute Gasteiger partial charge is 0.354 e. The number of thiophene rings is 1. The van der Waals surface area contributed by atoms with Gasteiger partial charge in [0.05, 0.1) is 12.6 Å². The zero-order valence-corrected chi connectivity index (χ0v) is 14.8. The van der Waals surface area contributed by atoms with E-state index in [-0.39, 0.29) is 11.9 Å². The molecular weight excluding hydrogens is 322 g/mol. The van der Waals surface area contributed by atoms with Gasteiger partial charge >= 0.3 is 0 Å². The third-order valence-electron chi connectivity index (χ3n) is 4.93. The Morgan fingerprint density at radius 1 is 1.42 bits per heavy atom. The van der Waals surface area contributed by atoms with Crippen LogP contribution in [-0.4, -0.2) is 44.7 Å². The summed E-state index contributed by atoms with van der Waals surface area (Å²) in [5, 5.41) is 13.8. The van der Waals surface area contributed by atoms with E-state index in [0.29, 0.717) is 19.0 Å². The Hall–Kier alpha value is -1.73. The van der Waals surface area contributed by atoms with Crippen LogP contribution in [0.25, 0.3) is 0 Å². The Balaban J connectivity index is 1.31. The van der Waals surface area contributed by atoms with Gasteiger partial charge in [-0.05, 0) is 37.6 Å². The van der Waals surface area contributed by atoms with Crippen LogP contribution in [0.5, 0.6) is 0 Å². The van der Waals surface area contributed by atoms with E-state index in [0.717, 1.165) is 31.2 Å². The van der Waals surface area contributed by atoms with E-state index < -0.39 is 0 Å². The van der Waals surface area contributed by atoms with Crippen LogP contribution in [0, 0.1) is 0 Å². The fraction of sp³-hybridized carbons (Fsp3) is 0.588. The smallest absolute Gasteiger partial charge is 0.237 e. The average Bonchev–Trinajstić information content (AvgIpc) is 3.14. The number of nitrogens with one attached hydrogen (secondary N) is 1. The van der Waals surface area contributed by atoms with Crippen molar-refractivity contribution in [3.8, 4) is 0 Å². The van der Waals surface area contributed by atoms with Crippen LogP contribution in [0.15, 0.2) is 17.5 Å². The molecule has 128 valence electrons. The van der Waals surface area contributed by atoms with Gasteiger partial charge in [0.2, 0.25) is 5.91 Å². The van der Waals surface area contributed by atoms with E-state index in [2.05, 4.69) is 36.4 Å². The van der Waals surface area contributed by atoms with Gasteiger partial charge in [-0.25, -0.2) is 0 Å². The lowest BCUT2D eigenvalue weighted by atomic mass is 10.2. The molecule has 1 aliphatic heterocycles. The van der Waals surface area contributed by atoms with Crippen LogP contribution < -0.4 is 5.32 Å². The maximum Gasteiger partial charge on any atom is 0.237 e. The summed E-state index contributed by atoms with van der Waals surface area (Å²) < 4.78 is 2.26. The molecule has 0 saturated heterocycles. The average molecular weight is 345 g/mol. The van der Waals surface area contributed by atoms with Crippen molar-refractivity contribution in [1.29, 1.82) is 0 Å². The quantitative estimate of drug-likeness (QED) is 0.867. The number of amides is 1. The molecule has 0 bridgehead atoms. The summed E-state index contributed by atoms with van der Waals surface area (Å²) in [7, 11) is 0. The second-order valence-electron chi connectivity index (χ2n) is 6.67. The van der Waals surface area contributed by atoms with Gasteiger partial charge in [-0.2, -0.15) is 0 Å². The molecule has 1 saturated carbocycles. The molecule has 1 atom stereocenters. The molecule has 1 unspecified atom stereocenters. The summed E-state index contributed by atoms with van der Waals surface area (Å²) in [4.78, 5) is 15.9. The number of aromatic nitrogens is 3. The first-order valence-corrected chi connectivity index (χ1v) is 9.56. The number of carbonyl (C=O) groups excluding carboxylic acids is 1. The molecule has 0 spiro atoms. The number of hydrogen-bond acceptors (Lipinski definition) is 5. The summed E-state index contributed by atoms with van der Waals surface area (Å²) in [5.74, 6) is 2.87. The van der Waals surface area contributed by atoms with Gasteiger partial charge in [-0.3, -0.25) is 9.69 Å². The summed E-state index contributed by atoms with van der Waals surface area (Å²) in [5.41, 5.74) is 0. The van der Waals surface area contributed by atoms with E-state index in [4.69, 9.17) is 0 Å². The molecule has 6 nitrogen and oxygen atoms in total. The standard InChI is InChI=1S/C17H23N5OS/c1-12(17(23)18-7-6-14-3-2-10-24-14)21-8-9-22-15(11-21)19-20-16(22)13-4-5-13/h2-3,10,12-13H,4-9,11H2,1H3,(H,18,23). The second kappa shape index (κ2) is 6.64. The van der Waals surface area contributed by atoms with Crippen molar-refractivity contribution in [2.75, 3.05) is 13.1 Å². The molecular formula is C17H23N5OS. The molecule has 24 heavy (non-hydrogen) atoms. The fourth-order valence-corrected chi connectivity index (χ4v) is 3.96. The second-order valence-corrected chi connectivity index (χ2v) is 7.70. The van der Waals surface area contributed by atoms with E-state index in [1.54, 1.807) is 11.3 Å². The molecule has 2 aromatic rings. The van der Waals surface area contributed by atoms with Gasteiger partial charge in [0.25, 0.3) is 0 Å².